The Hall–Kier alpha value is -1.81. The van der Waals surface area contributed by atoms with Crippen molar-refractivity contribution in [2.75, 3.05) is 6.54 Å². The van der Waals surface area contributed by atoms with Crippen molar-refractivity contribution in [2.24, 2.45) is 7.05 Å². The molecule has 0 spiro atoms. The van der Waals surface area contributed by atoms with E-state index in [1.54, 1.807) is 0 Å². The van der Waals surface area contributed by atoms with Crippen LogP contribution in [0.4, 0.5) is 0 Å². The van der Waals surface area contributed by atoms with Crippen molar-refractivity contribution in [2.45, 2.75) is 38.8 Å². The fourth-order valence-electron chi connectivity index (χ4n) is 2.52. The Bertz CT molecular complexity index is 602. The van der Waals surface area contributed by atoms with E-state index in [4.69, 9.17) is 4.74 Å². The predicted octanol–water partition coefficient (Wildman–Crippen LogP) is 2.91. The van der Waals surface area contributed by atoms with Gasteiger partial charge in [0.25, 0.3) is 0 Å². The zero-order valence-electron chi connectivity index (χ0n) is 13.0. The maximum absolute atomic E-state index is 6.32. The van der Waals surface area contributed by atoms with E-state index >= 15 is 0 Å². The molecule has 2 aromatic rings. The Morgan fingerprint density at radius 1 is 1.29 bits per heavy atom. The minimum absolute atomic E-state index is 0.0217. The van der Waals surface area contributed by atoms with Gasteiger partial charge in [0.15, 0.2) is 5.75 Å². The van der Waals surface area contributed by atoms with Crippen LogP contribution < -0.4 is 10.1 Å². The van der Waals surface area contributed by atoms with Gasteiger partial charge in [0.1, 0.15) is 11.8 Å². The lowest BCUT2D eigenvalue weighted by Crippen LogP contribution is -2.27. The lowest BCUT2D eigenvalue weighted by molar-refractivity contribution is 0.198. The highest BCUT2D eigenvalue weighted by molar-refractivity contribution is 5.33. The molecule has 4 nitrogen and oxygen atoms in total. The molecule has 3 rings (SSSR count). The van der Waals surface area contributed by atoms with Crippen LogP contribution in [0.3, 0.4) is 0 Å². The summed E-state index contributed by atoms with van der Waals surface area (Å²) in [5.74, 6) is 0.906. The highest BCUT2D eigenvalue weighted by Gasteiger charge is 2.24. The third kappa shape index (κ3) is 3.27. The molecule has 1 N–H and O–H groups in total. The molecule has 1 fully saturated rings. The minimum Gasteiger partial charge on any atom is -0.481 e. The molecule has 112 valence electrons. The van der Waals surface area contributed by atoms with E-state index in [1.165, 1.54) is 18.4 Å². The molecule has 1 saturated carbocycles. The number of aryl methyl sites for hydroxylation is 2. The van der Waals surface area contributed by atoms with Gasteiger partial charge in [0.05, 0.1) is 5.69 Å². The van der Waals surface area contributed by atoms with Crippen LogP contribution in [0.25, 0.3) is 0 Å². The van der Waals surface area contributed by atoms with Gasteiger partial charge >= 0.3 is 0 Å². The number of benzene rings is 1. The van der Waals surface area contributed by atoms with Gasteiger partial charge in [-0.3, -0.25) is 4.68 Å². The van der Waals surface area contributed by atoms with Crippen LogP contribution >= 0.6 is 0 Å². The van der Waals surface area contributed by atoms with Crippen molar-refractivity contribution in [3.05, 3.63) is 47.3 Å². The van der Waals surface area contributed by atoms with Crippen LogP contribution in [-0.2, 0) is 7.05 Å². The standard InChI is InChI=1S/C17H23N3O/c1-12-17(13(2)20(3)19-12)21-16(11-18-15-9-10-15)14-7-5-4-6-8-14/h4-8,15-16,18H,9-11H2,1-3H3. The monoisotopic (exact) mass is 285 g/mol. The highest BCUT2D eigenvalue weighted by atomic mass is 16.5. The van der Waals surface area contributed by atoms with Gasteiger partial charge in [-0.25, -0.2) is 0 Å². The number of hydrogen-bond donors (Lipinski definition) is 1. The molecule has 1 unspecified atom stereocenters. The molecule has 1 heterocycles. The highest BCUT2D eigenvalue weighted by Crippen LogP contribution is 2.28. The summed E-state index contributed by atoms with van der Waals surface area (Å²) in [6.07, 6.45) is 2.59. The third-order valence-electron chi connectivity index (χ3n) is 4.04. The molecule has 1 aliphatic carbocycles. The summed E-state index contributed by atoms with van der Waals surface area (Å²) in [6, 6.07) is 11.1. The molecule has 21 heavy (non-hydrogen) atoms. The topological polar surface area (TPSA) is 39.1 Å². The van der Waals surface area contributed by atoms with Gasteiger partial charge < -0.3 is 10.1 Å². The zero-order valence-corrected chi connectivity index (χ0v) is 13.0. The maximum Gasteiger partial charge on any atom is 0.163 e. The average molecular weight is 285 g/mol. The van der Waals surface area contributed by atoms with Crippen LogP contribution in [0.1, 0.15) is 35.9 Å². The Labute approximate surface area is 126 Å². The van der Waals surface area contributed by atoms with Crippen LogP contribution in [0.5, 0.6) is 5.75 Å². The van der Waals surface area contributed by atoms with Gasteiger partial charge in [0.2, 0.25) is 0 Å². The van der Waals surface area contributed by atoms with E-state index in [9.17, 15) is 0 Å². The summed E-state index contributed by atoms with van der Waals surface area (Å²) in [4.78, 5) is 0. The quantitative estimate of drug-likeness (QED) is 0.887. The summed E-state index contributed by atoms with van der Waals surface area (Å²) in [6.45, 7) is 4.88. The van der Waals surface area contributed by atoms with Gasteiger partial charge in [-0.2, -0.15) is 5.10 Å². The number of nitrogens with zero attached hydrogens (tertiary/aromatic N) is 2. The third-order valence-corrected chi connectivity index (χ3v) is 4.04. The molecule has 1 aliphatic rings. The molecule has 0 radical (unpaired) electrons. The molecule has 1 aromatic carbocycles. The fourth-order valence-corrected chi connectivity index (χ4v) is 2.52. The number of ether oxygens (including phenoxy) is 1. The fraction of sp³-hybridized carbons (Fsp3) is 0.471. The molecular weight excluding hydrogens is 262 g/mol. The van der Waals surface area contributed by atoms with E-state index in [2.05, 4.69) is 34.7 Å². The van der Waals surface area contributed by atoms with Gasteiger partial charge in [-0.05, 0) is 32.3 Å². The molecule has 0 saturated heterocycles. The minimum atomic E-state index is 0.0217. The van der Waals surface area contributed by atoms with E-state index < -0.39 is 0 Å². The lowest BCUT2D eigenvalue weighted by atomic mass is 10.1. The Morgan fingerprint density at radius 2 is 2.00 bits per heavy atom. The second-order valence-electron chi connectivity index (χ2n) is 5.82. The van der Waals surface area contributed by atoms with Crippen molar-refractivity contribution in [3.8, 4) is 5.75 Å². The zero-order chi connectivity index (χ0) is 14.8. The average Bonchev–Trinajstić information content (AvgIpc) is 3.28. The van der Waals surface area contributed by atoms with Crippen molar-refractivity contribution < 1.29 is 4.74 Å². The molecule has 1 atom stereocenters. The second-order valence-corrected chi connectivity index (χ2v) is 5.82. The summed E-state index contributed by atoms with van der Waals surface area (Å²) < 4.78 is 8.19. The number of rotatable bonds is 6. The first kappa shape index (κ1) is 14.1. The van der Waals surface area contributed by atoms with E-state index in [1.807, 2.05) is 31.6 Å². The van der Waals surface area contributed by atoms with Crippen molar-refractivity contribution in [1.82, 2.24) is 15.1 Å². The molecular formula is C17H23N3O. The first-order valence-electron chi connectivity index (χ1n) is 7.60. The second kappa shape index (κ2) is 5.90. The summed E-state index contributed by atoms with van der Waals surface area (Å²) in [7, 11) is 1.95. The maximum atomic E-state index is 6.32. The lowest BCUT2D eigenvalue weighted by Gasteiger charge is -2.20. The van der Waals surface area contributed by atoms with Crippen molar-refractivity contribution in [1.29, 1.82) is 0 Å². The van der Waals surface area contributed by atoms with Gasteiger partial charge in [0, 0.05) is 19.6 Å². The summed E-state index contributed by atoms with van der Waals surface area (Å²) >= 11 is 0. The van der Waals surface area contributed by atoms with E-state index in [-0.39, 0.29) is 6.10 Å². The molecule has 0 aliphatic heterocycles. The summed E-state index contributed by atoms with van der Waals surface area (Å²) in [5.41, 5.74) is 3.22. The SMILES string of the molecule is Cc1nn(C)c(C)c1OC(CNC1CC1)c1ccccc1. The molecule has 4 heteroatoms. The molecule has 0 amide bonds. The van der Waals surface area contributed by atoms with E-state index in [0.717, 1.165) is 23.7 Å². The predicted molar refractivity (Wildman–Crippen MR) is 83.5 cm³/mol. The van der Waals surface area contributed by atoms with Gasteiger partial charge in [-0.15, -0.1) is 0 Å². The number of hydrogen-bond acceptors (Lipinski definition) is 3. The van der Waals surface area contributed by atoms with E-state index in [0.29, 0.717) is 6.04 Å². The van der Waals surface area contributed by atoms with Crippen LogP contribution in [0.15, 0.2) is 30.3 Å². The van der Waals surface area contributed by atoms with Gasteiger partial charge in [-0.1, -0.05) is 30.3 Å². The van der Waals surface area contributed by atoms with Crippen LogP contribution in [0.2, 0.25) is 0 Å². The Balaban J connectivity index is 1.80. The Kier molecular flexibility index (Phi) is 3.97. The summed E-state index contributed by atoms with van der Waals surface area (Å²) in [5, 5.41) is 8.01. The first-order chi connectivity index (χ1) is 10.1. The van der Waals surface area contributed by atoms with Crippen LogP contribution in [-0.4, -0.2) is 22.4 Å². The van der Waals surface area contributed by atoms with Crippen molar-refractivity contribution in [3.63, 3.8) is 0 Å². The normalized spacial score (nSPS) is 16.0. The first-order valence-corrected chi connectivity index (χ1v) is 7.60. The molecule has 1 aromatic heterocycles. The molecule has 0 bridgehead atoms. The largest absolute Gasteiger partial charge is 0.481 e. The van der Waals surface area contributed by atoms with Crippen LogP contribution in [0, 0.1) is 13.8 Å². The number of nitrogens with one attached hydrogen (secondary N) is 1. The Morgan fingerprint density at radius 3 is 2.57 bits per heavy atom. The van der Waals surface area contributed by atoms with Crippen molar-refractivity contribution >= 4 is 0 Å². The smallest absolute Gasteiger partial charge is 0.163 e. The number of aromatic nitrogens is 2.